The first-order valence-corrected chi connectivity index (χ1v) is 7.39. The SMILES string of the molecule is CN1CC2(CN(Cc3cccc(C4CC4)c3)C2)OC1=O. The molecule has 0 radical (unpaired) electrons. The number of hydrogen-bond donors (Lipinski definition) is 0. The molecular weight excluding hydrogens is 252 g/mol. The Bertz CT molecular complexity index is 547. The number of amides is 1. The maximum absolute atomic E-state index is 11.5. The van der Waals surface area contributed by atoms with Gasteiger partial charge in [-0.05, 0) is 29.9 Å². The lowest BCUT2D eigenvalue weighted by atomic mass is 9.93. The molecule has 0 bridgehead atoms. The Balaban J connectivity index is 1.37. The van der Waals surface area contributed by atoms with Crippen molar-refractivity contribution in [2.24, 2.45) is 0 Å². The molecule has 4 nitrogen and oxygen atoms in total. The number of nitrogens with zero attached hydrogens (tertiary/aromatic N) is 2. The van der Waals surface area contributed by atoms with Crippen molar-refractivity contribution in [2.45, 2.75) is 30.9 Å². The summed E-state index contributed by atoms with van der Waals surface area (Å²) in [5.41, 5.74) is 2.63. The van der Waals surface area contributed by atoms with E-state index in [0.29, 0.717) is 0 Å². The molecule has 0 unspecified atom stereocenters. The molecule has 2 heterocycles. The zero-order chi connectivity index (χ0) is 13.7. The van der Waals surface area contributed by atoms with Gasteiger partial charge in [0.2, 0.25) is 0 Å². The van der Waals surface area contributed by atoms with E-state index in [4.69, 9.17) is 4.74 Å². The molecule has 3 fully saturated rings. The van der Waals surface area contributed by atoms with Crippen molar-refractivity contribution >= 4 is 6.09 Å². The number of hydrogen-bond acceptors (Lipinski definition) is 3. The van der Waals surface area contributed by atoms with Crippen molar-refractivity contribution < 1.29 is 9.53 Å². The third-order valence-electron chi connectivity index (χ3n) is 4.57. The fraction of sp³-hybridized carbons (Fsp3) is 0.562. The summed E-state index contributed by atoms with van der Waals surface area (Å²) in [5, 5.41) is 0. The second kappa shape index (κ2) is 4.22. The minimum absolute atomic E-state index is 0.180. The van der Waals surface area contributed by atoms with Crippen LogP contribution >= 0.6 is 0 Å². The maximum atomic E-state index is 11.5. The van der Waals surface area contributed by atoms with Crippen LogP contribution in [0.3, 0.4) is 0 Å². The first-order chi connectivity index (χ1) is 9.63. The van der Waals surface area contributed by atoms with Gasteiger partial charge in [0.05, 0.1) is 6.54 Å². The van der Waals surface area contributed by atoms with Gasteiger partial charge < -0.3 is 9.64 Å². The Morgan fingerprint density at radius 3 is 2.75 bits per heavy atom. The largest absolute Gasteiger partial charge is 0.438 e. The van der Waals surface area contributed by atoms with Crippen molar-refractivity contribution in [3.63, 3.8) is 0 Å². The van der Waals surface area contributed by atoms with E-state index < -0.39 is 0 Å². The first kappa shape index (κ1) is 12.2. The van der Waals surface area contributed by atoms with Gasteiger partial charge >= 0.3 is 6.09 Å². The normalized spacial score (nSPS) is 24.9. The molecule has 3 aliphatic rings. The Labute approximate surface area is 119 Å². The lowest BCUT2D eigenvalue weighted by Crippen LogP contribution is -2.63. The van der Waals surface area contributed by atoms with Crippen LogP contribution in [0.5, 0.6) is 0 Å². The van der Waals surface area contributed by atoms with Gasteiger partial charge in [0.1, 0.15) is 0 Å². The lowest BCUT2D eigenvalue weighted by molar-refractivity contribution is -0.0772. The summed E-state index contributed by atoms with van der Waals surface area (Å²) < 4.78 is 5.48. The van der Waals surface area contributed by atoms with Crippen molar-refractivity contribution in [1.82, 2.24) is 9.80 Å². The molecule has 1 spiro atoms. The quantitative estimate of drug-likeness (QED) is 0.845. The van der Waals surface area contributed by atoms with Gasteiger partial charge in [0, 0.05) is 26.7 Å². The molecule has 4 heteroatoms. The third-order valence-corrected chi connectivity index (χ3v) is 4.57. The molecule has 0 N–H and O–H groups in total. The van der Waals surface area contributed by atoms with E-state index in [2.05, 4.69) is 29.2 Å². The highest BCUT2D eigenvalue weighted by molar-refractivity contribution is 5.70. The van der Waals surface area contributed by atoms with E-state index in [1.54, 1.807) is 11.9 Å². The van der Waals surface area contributed by atoms with Crippen molar-refractivity contribution in [1.29, 1.82) is 0 Å². The van der Waals surface area contributed by atoms with Crippen LogP contribution in [-0.2, 0) is 11.3 Å². The van der Waals surface area contributed by atoms with Crippen LogP contribution in [0.25, 0.3) is 0 Å². The van der Waals surface area contributed by atoms with Gasteiger partial charge in [-0.1, -0.05) is 24.3 Å². The Kier molecular flexibility index (Phi) is 2.58. The summed E-state index contributed by atoms with van der Waals surface area (Å²) in [6, 6.07) is 8.95. The molecule has 106 valence electrons. The highest BCUT2D eigenvalue weighted by Gasteiger charge is 2.52. The summed E-state index contributed by atoms with van der Waals surface area (Å²) in [6.45, 7) is 3.40. The molecule has 1 aromatic rings. The summed E-state index contributed by atoms with van der Waals surface area (Å²) in [4.78, 5) is 15.5. The van der Waals surface area contributed by atoms with Crippen LogP contribution in [0.4, 0.5) is 4.79 Å². The molecule has 4 rings (SSSR count). The van der Waals surface area contributed by atoms with Crippen LogP contribution in [-0.4, -0.2) is 48.2 Å². The Morgan fingerprint density at radius 1 is 1.30 bits per heavy atom. The predicted molar refractivity (Wildman–Crippen MR) is 75.5 cm³/mol. The minimum atomic E-state index is -0.236. The van der Waals surface area contributed by atoms with E-state index in [-0.39, 0.29) is 11.7 Å². The van der Waals surface area contributed by atoms with E-state index in [0.717, 1.165) is 32.1 Å². The number of ether oxygens (including phenoxy) is 1. The second-order valence-corrected chi connectivity index (χ2v) is 6.57. The van der Waals surface area contributed by atoms with Crippen molar-refractivity contribution in [2.75, 3.05) is 26.7 Å². The van der Waals surface area contributed by atoms with Crippen molar-refractivity contribution in [3.05, 3.63) is 35.4 Å². The second-order valence-electron chi connectivity index (χ2n) is 6.57. The van der Waals surface area contributed by atoms with Crippen LogP contribution in [0.15, 0.2) is 24.3 Å². The van der Waals surface area contributed by atoms with Gasteiger partial charge in [-0.2, -0.15) is 0 Å². The average Bonchev–Trinajstić information content (AvgIpc) is 3.17. The van der Waals surface area contributed by atoms with E-state index in [1.807, 2.05) is 0 Å². The number of likely N-dealkylation sites (N-methyl/N-ethyl adjacent to an activating group) is 1. The highest BCUT2D eigenvalue weighted by atomic mass is 16.6. The summed E-state index contributed by atoms with van der Waals surface area (Å²) in [6.07, 6.45) is 2.51. The molecule has 0 aromatic heterocycles. The average molecular weight is 272 g/mol. The monoisotopic (exact) mass is 272 g/mol. The van der Waals surface area contributed by atoms with E-state index >= 15 is 0 Å². The molecular formula is C16H20N2O2. The van der Waals surface area contributed by atoms with E-state index in [1.165, 1.54) is 24.0 Å². The smallest absolute Gasteiger partial charge is 0.410 e. The molecule has 1 aliphatic carbocycles. The number of carbonyl (C=O) groups is 1. The predicted octanol–water partition coefficient (Wildman–Crippen LogP) is 2.20. The number of benzene rings is 1. The molecule has 1 saturated carbocycles. The van der Waals surface area contributed by atoms with Crippen LogP contribution in [0.2, 0.25) is 0 Å². The number of carbonyl (C=O) groups excluding carboxylic acids is 1. The summed E-state index contributed by atoms with van der Waals surface area (Å²) in [7, 11) is 1.80. The van der Waals surface area contributed by atoms with Crippen molar-refractivity contribution in [3.8, 4) is 0 Å². The maximum Gasteiger partial charge on any atom is 0.410 e. The fourth-order valence-corrected chi connectivity index (χ4v) is 3.46. The molecule has 1 amide bonds. The summed E-state index contributed by atoms with van der Waals surface area (Å²) in [5.74, 6) is 0.808. The van der Waals surface area contributed by atoms with Crippen LogP contribution < -0.4 is 0 Å². The first-order valence-electron chi connectivity index (χ1n) is 7.39. The van der Waals surface area contributed by atoms with Gasteiger partial charge in [-0.25, -0.2) is 4.79 Å². The van der Waals surface area contributed by atoms with Gasteiger partial charge in [-0.3, -0.25) is 4.90 Å². The molecule has 2 saturated heterocycles. The fourth-order valence-electron chi connectivity index (χ4n) is 3.46. The standard InChI is InChI=1S/C16H20N2O2/c1-17-9-16(20-15(17)19)10-18(11-16)8-12-3-2-4-14(7-12)13-5-6-13/h2-4,7,13H,5-6,8-11H2,1H3. The zero-order valence-corrected chi connectivity index (χ0v) is 11.8. The summed E-state index contributed by atoms with van der Waals surface area (Å²) >= 11 is 0. The van der Waals surface area contributed by atoms with Gasteiger partial charge in [-0.15, -0.1) is 0 Å². The van der Waals surface area contributed by atoms with Crippen LogP contribution in [0.1, 0.15) is 29.9 Å². The van der Waals surface area contributed by atoms with Crippen LogP contribution in [0, 0.1) is 0 Å². The van der Waals surface area contributed by atoms with Gasteiger partial charge in [0.15, 0.2) is 5.60 Å². The topological polar surface area (TPSA) is 32.8 Å². The number of rotatable bonds is 3. The third kappa shape index (κ3) is 2.08. The minimum Gasteiger partial charge on any atom is -0.438 e. The lowest BCUT2D eigenvalue weighted by Gasteiger charge is -2.45. The molecule has 2 aliphatic heterocycles. The molecule has 0 atom stereocenters. The van der Waals surface area contributed by atoms with E-state index in [9.17, 15) is 4.79 Å². The molecule has 1 aromatic carbocycles. The Morgan fingerprint density at radius 2 is 2.10 bits per heavy atom. The highest BCUT2D eigenvalue weighted by Crippen LogP contribution is 2.40. The zero-order valence-electron chi connectivity index (χ0n) is 11.8. The Hall–Kier alpha value is -1.55. The van der Waals surface area contributed by atoms with Gasteiger partial charge in [0.25, 0.3) is 0 Å². The molecule has 20 heavy (non-hydrogen) atoms. The number of likely N-dealkylation sites (tertiary alicyclic amines) is 1.